The van der Waals surface area contributed by atoms with Gasteiger partial charge in [0, 0.05) is 25.1 Å². The van der Waals surface area contributed by atoms with Crippen molar-refractivity contribution in [1.29, 1.82) is 0 Å². The highest BCUT2D eigenvalue weighted by Crippen LogP contribution is 2.20. The molecule has 2 rings (SSSR count). The Bertz CT molecular complexity index is 492. The van der Waals surface area contributed by atoms with E-state index in [-0.39, 0.29) is 6.04 Å². The summed E-state index contributed by atoms with van der Waals surface area (Å²) in [5, 5.41) is 4.05. The number of imidazole rings is 1. The van der Waals surface area contributed by atoms with Gasteiger partial charge in [0.2, 0.25) is 0 Å². The summed E-state index contributed by atoms with van der Waals surface area (Å²) in [6, 6.07) is 3.79. The number of pyridine rings is 1. The summed E-state index contributed by atoms with van der Waals surface area (Å²) in [4.78, 5) is 8.81. The van der Waals surface area contributed by atoms with Gasteiger partial charge in [0.15, 0.2) is 0 Å². The molecule has 0 saturated carbocycles. The van der Waals surface area contributed by atoms with Crippen molar-refractivity contribution in [2.45, 2.75) is 26.4 Å². The van der Waals surface area contributed by atoms with Crippen LogP contribution in [0.4, 0.5) is 0 Å². The second-order valence-electron chi connectivity index (χ2n) is 3.96. The van der Waals surface area contributed by atoms with Gasteiger partial charge in [-0.05, 0) is 25.6 Å². The summed E-state index contributed by atoms with van der Waals surface area (Å²) in [5.74, 6) is 0.981. The lowest BCUT2D eigenvalue weighted by Crippen LogP contribution is -2.26. The number of aryl methyl sites for hydroxylation is 1. The molecule has 2 aromatic heterocycles. The predicted molar refractivity (Wildman–Crippen MR) is 72.7 cm³/mol. The average Bonchev–Trinajstić information content (AvgIpc) is 2.85. The van der Waals surface area contributed by atoms with Gasteiger partial charge in [0.25, 0.3) is 0 Å². The smallest absolute Gasteiger partial charge is 0.132 e. The van der Waals surface area contributed by atoms with Crippen molar-refractivity contribution in [2.24, 2.45) is 0 Å². The monoisotopic (exact) mass is 264 g/mol. The van der Waals surface area contributed by atoms with Crippen LogP contribution in [0.1, 0.15) is 31.4 Å². The molecule has 4 nitrogen and oxygen atoms in total. The highest BCUT2D eigenvalue weighted by Gasteiger charge is 2.18. The Morgan fingerprint density at radius 3 is 2.78 bits per heavy atom. The van der Waals surface area contributed by atoms with Crippen LogP contribution in [0.2, 0.25) is 5.02 Å². The first-order chi connectivity index (χ1) is 8.76. The second-order valence-corrected chi connectivity index (χ2v) is 4.40. The van der Waals surface area contributed by atoms with Gasteiger partial charge in [-0.25, -0.2) is 4.98 Å². The number of hydrogen-bond acceptors (Lipinski definition) is 3. The fraction of sp³-hybridized carbons (Fsp3) is 0.385. The fourth-order valence-electron chi connectivity index (χ4n) is 1.94. The molecule has 0 fully saturated rings. The molecule has 0 aliphatic rings. The third kappa shape index (κ3) is 2.71. The summed E-state index contributed by atoms with van der Waals surface area (Å²) in [5.41, 5.74) is 0.933. The molecule has 1 N–H and O–H groups in total. The van der Waals surface area contributed by atoms with E-state index in [0.717, 1.165) is 24.6 Å². The lowest BCUT2D eigenvalue weighted by molar-refractivity contribution is 0.548. The van der Waals surface area contributed by atoms with Gasteiger partial charge in [-0.15, -0.1) is 0 Å². The molecule has 0 aliphatic heterocycles. The van der Waals surface area contributed by atoms with Crippen molar-refractivity contribution in [3.63, 3.8) is 0 Å². The number of rotatable bonds is 5. The van der Waals surface area contributed by atoms with Gasteiger partial charge in [0.05, 0.1) is 10.7 Å². The molecule has 1 unspecified atom stereocenters. The molecule has 0 spiro atoms. The maximum absolute atomic E-state index is 5.87. The number of hydrogen-bond donors (Lipinski definition) is 1. The summed E-state index contributed by atoms with van der Waals surface area (Å²) in [7, 11) is 0. The first-order valence-electron chi connectivity index (χ1n) is 6.12. The summed E-state index contributed by atoms with van der Waals surface area (Å²) < 4.78 is 2.11. The van der Waals surface area contributed by atoms with E-state index in [9.17, 15) is 0 Å². The van der Waals surface area contributed by atoms with Crippen molar-refractivity contribution >= 4 is 11.6 Å². The topological polar surface area (TPSA) is 42.7 Å². The Kier molecular flexibility index (Phi) is 4.33. The van der Waals surface area contributed by atoms with Crippen LogP contribution < -0.4 is 5.32 Å². The number of halogens is 1. The zero-order valence-electron chi connectivity index (χ0n) is 10.6. The lowest BCUT2D eigenvalue weighted by atomic mass is 10.1. The third-order valence-corrected chi connectivity index (χ3v) is 3.02. The minimum Gasteiger partial charge on any atom is -0.334 e. The number of nitrogens with one attached hydrogen (secondary N) is 1. The quantitative estimate of drug-likeness (QED) is 0.903. The van der Waals surface area contributed by atoms with E-state index in [1.165, 1.54) is 0 Å². The van der Waals surface area contributed by atoms with Gasteiger partial charge in [-0.2, -0.15) is 0 Å². The molecule has 5 heteroatoms. The Hall–Kier alpha value is -1.39. The summed E-state index contributed by atoms with van der Waals surface area (Å²) in [6.07, 6.45) is 5.47. The van der Waals surface area contributed by atoms with Crippen LogP contribution in [0.25, 0.3) is 0 Å². The Balaban J connectivity index is 2.36. The first-order valence-corrected chi connectivity index (χ1v) is 6.50. The van der Waals surface area contributed by atoms with Crippen molar-refractivity contribution in [2.75, 3.05) is 6.54 Å². The third-order valence-electron chi connectivity index (χ3n) is 2.80. The zero-order chi connectivity index (χ0) is 13.0. The van der Waals surface area contributed by atoms with E-state index in [4.69, 9.17) is 11.6 Å². The molecule has 1 atom stereocenters. The zero-order valence-corrected chi connectivity index (χ0v) is 11.4. The molecule has 0 amide bonds. The van der Waals surface area contributed by atoms with Crippen molar-refractivity contribution in [3.05, 3.63) is 47.3 Å². The molecule has 2 heterocycles. The molecule has 0 saturated heterocycles. The Morgan fingerprint density at radius 1 is 1.33 bits per heavy atom. The standard InChI is InChI=1S/C13H17ClN4/c1-3-15-12(11-6-5-10(14)9-17-11)13-16-7-8-18(13)4-2/h5-9,12,15H,3-4H2,1-2H3. The van der Waals surface area contributed by atoms with Crippen LogP contribution in [-0.4, -0.2) is 21.1 Å². The fourth-order valence-corrected chi connectivity index (χ4v) is 2.05. The van der Waals surface area contributed by atoms with E-state index in [1.54, 1.807) is 6.20 Å². The van der Waals surface area contributed by atoms with E-state index < -0.39 is 0 Å². The minimum atomic E-state index is 0.00205. The molecule has 0 aliphatic carbocycles. The van der Waals surface area contributed by atoms with Crippen molar-refractivity contribution in [3.8, 4) is 0 Å². The van der Waals surface area contributed by atoms with Gasteiger partial charge in [-0.1, -0.05) is 18.5 Å². The number of nitrogens with zero attached hydrogens (tertiary/aromatic N) is 3. The van der Waals surface area contributed by atoms with Crippen LogP contribution in [0.15, 0.2) is 30.7 Å². The van der Waals surface area contributed by atoms with Crippen molar-refractivity contribution in [1.82, 2.24) is 19.9 Å². The molecule has 18 heavy (non-hydrogen) atoms. The maximum Gasteiger partial charge on any atom is 0.132 e. The minimum absolute atomic E-state index is 0.00205. The molecule has 0 radical (unpaired) electrons. The van der Waals surface area contributed by atoms with Crippen LogP contribution in [-0.2, 0) is 6.54 Å². The largest absolute Gasteiger partial charge is 0.334 e. The average molecular weight is 265 g/mol. The molecule has 0 bridgehead atoms. The normalized spacial score (nSPS) is 12.6. The van der Waals surface area contributed by atoms with Gasteiger partial charge >= 0.3 is 0 Å². The highest BCUT2D eigenvalue weighted by atomic mass is 35.5. The van der Waals surface area contributed by atoms with E-state index in [0.29, 0.717) is 5.02 Å². The van der Waals surface area contributed by atoms with Crippen molar-refractivity contribution < 1.29 is 0 Å². The molecule has 0 aromatic carbocycles. The van der Waals surface area contributed by atoms with Crippen LogP contribution >= 0.6 is 11.6 Å². The van der Waals surface area contributed by atoms with Crippen LogP contribution in [0.5, 0.6) is 0 Å². The molecule has 96 valence electrons. The second kappa shape index (κ2) is 5.98. The first kappa shape index (κ1) is 13.1. The summed E-state index contributed by atoms with van der Waals surface area (Å²) >= 11 is 5.87. The van der Waals surface area contributed by atoms with E-state index in [2.05, 4.69) is 33.7 Å². The molecular formula is C13H17ClN4. The Labute approximate surface area is 112 Å². The molecular weight excluding hydrogens is 248 g/mol. The van der Waals surface area contributed by atoms with Crippen LogP contribution in [0.3, 0.4) is 0 Å². The van der Waals surface area contributed by atoms with E-state index in [1.807, 2.05) is 24.5 Å². The Morgan fingerprint density at radius 2 is 2.17 bits per heavy atom. The predicted octanol–water partition coefficient (Wildman–Crippen LogP) is 2.65. The maximum atomic E-state index is 5.87. The number of aromatic nitrogens is 3. The van der Waals surface area contributed by atoms with E-state index >= 15 is 0 Å². The SMILES string of the molecule is CCNC(c1ccc(Cl)cn1)c1nccn1CC. The lowest BCUT2D eigenvalue weighted by Gasteiger charge is -2.18. The summed E-state index contributed by atoms with van der Waals surface area (Å²) in [6.45, 7) is 5.92. The van der Waals surface area contributed by atoms with Gasteiger partial charge in [0.1, 0.15) is 11.9 Å². The highest BCUT2D eigenvalue weighted by molar-refractivity contribution is 6.30. The van der Waals surface area contributed by atoms with Gasteiger partial charge in [-0.3, -0.25) is 4.98 Å². The van der Waals surface area contributed by atoms with Gasteiger partial charge < -0.3 is 9.88 Å². The molecule has 2 aromatic rings. The van der Waals surface area contributed by atoms with Crippen LogP contribution in [0, 0.1) is 0 Å².